The van der Waals surface area contributed by atoms with Gasteiger partial charge in [0.05, 0.1) is 0 Å². The third kappa shape index (κ3) is 5.94. The van der Waals surface area contributed by atoms with Gasteiger partial charge in [0.15, 0.2) is 0 Å². The number of hydrogen-bond donors (Lipinski definition) is 2. The van der Waals surface area contributed by atoms with Crippen LogP contribution in [0.5, 0.6) is 11.5 Å². The lowest BCUT2D eigenvalue weighted by Gasteiger charge is -2.30. The summed E-state index contributed by atoms with van der Waals surface area (Å²) in [6.07, 6.45) is 1.36. The van der Waals surface area contributed by atoms with Crippen molar-refractivity contribution in [3.63, 3.8) is 0 Å². The zero-order chi connectivity index (χ0) is 16.2. The van der Waals surface area contributed by atoms with Crippen LogP contribution in [-0.4, -0.2) is 39.4 Å². The second-order valence-electron chi connectivity index (χ2n) is 6.21. The summed E-state index contributed by atoms with van der Waals surface area (Å²) >= 11 is 0. The fourth-order valence-corrected chi connectivity index (χ4v) is 1.76. The molecule has 1 rings (SSSR count). The van der Waals surface area contributed by atoms with Crippen LogP contribution in [0.3, 0.4) is 0 Å². The molecule has 5 heteroatoms. The Kier molecular flexibility index (Phi) is 5.47. The van der Waals surface area contributed by atoms with E-state index >= 15 is 0 Å². The fourth-order valence-electron chi connectivity index (χ4n) is 1.76. The summed E-state index contributed by atoms with van der Waals surface area (Å²) in [4.78, 5) is 13.7. The first-order valence-electron chi connectivity index (χ1n) is 6.94. The summed E-state index contributed by atoms with van der Waals surface area (Å²) in [5.74, 6) is -0.0378. The largest absolute Gasteiger partial charge is 0.508 e. The molecule has 0 spiro atoms. The molecule has 0 saturated carbocycles. The third-order valence-corrected chi connectivity index (χ3v) is 2.70. The summed E-state index contributed by atoms with van der Waals surface area (Å²) in [6.45, 7) is 9.59. The highest BCUT2D eigenvalue weighted by Crippen LogP contribution is 2.22. The molecule has 0 unspecified atom stereocenters. The summed E-state index contributed by atoms with van der Waals surface area (Å²) in [6, 6.07) is 4.27. The van der Waals surface area contributed by atoms with Gasteiger partial charge in [-0.05, 0) is 52.3 Å². The van der Waals surface area contributed by atoms with Crippen LogP contribution < -0.4 is 0 Å². The molecule has 21 heavy (non-hydrogen) atoms. The average molecular weight is 294 g/mol. The molecule has 0 heterocycles. The lowest BCUT2D eigenvalue weighted by Crippen LogP contribution is -2.41. The van der Waals surface area contributed by atoms with E-state index in [-0.39, 0.29) is 17.5 Å². The van der Waals surface area contributed by atoms with E-state index in [1.165, 1.54) is 18.2 Å². The zero-order valence-electron chi connectivity index (χ0n) is 13.3. The molecule has 1 amide bonds. The summed E-state index contributed by atoms with van der Waals surface area (Å²) in [7, 11) is 0. The Morgan fingerprint density at radius 1 is 1.24 bits per heavy atom. The Bertz CT molecular complexity index is 471. The highest BCUT2D eigenvalue weighted by Gasteiger charge is 2.23. The number of phenolic OH excluding ortho intramolecular Hbond substituents is 2. The number of carbonyl (C=O) groups excluding carboxylic acids is 1. The lowest BCUT2D eigenvalue weighted by atomic mass is 10.1. The molecule has 0 aliphatic carbocycles. The monoisotopic (exact) mass is 294 g/mol. The van der Waals surface area contributed by atoms with Crippen molar-refractivity contribution in [2.24, 2.45) is 0 Å². The van der Waals surface area contributed by atoms with Crippen LogP contribution in [0.15, 0.2) is 18.2 Å². The van der Waals surface area contributed by atoms with Crippen molar-refractivity contribution in [2.45, 2.75) is 46.3 Å². The van der Waals surface area contributed by atoms with E-state index in [1.54, 1.807) is 11.3 Å². The molecule has 0 aliphatic heterocycles. The molecule has 117 valence electrons. The first-order chi connectivity index (χ1) is 9.58. The van der Waals surface area contributed by atoms with Gasteiger partial charge in [0.2, 0.25) is 0 Å². The van der Waals surface area contributed by atoms with E-state index in [1.807, 2.05) is 34.6 Å². The van der Waals surface area contributed by atoms with E-state index in [2.05, 4.69) is 0 Å². The quantitative estimate of drug-likeness (QED) is 0.894. The molecule has 0 bridgehead atoms. The number of nitrogens with zero attached hydrogens (tertiary/aromatic N) is 1. The fraction of sp³-hybridized carbons (Fsp3) is 0.500. The summed E-state index contributed by atoms with van der Waals surface area (Å²) in [5.41, 5.74) is 0.0924. The molecule has 0 saturated heterocycles. The first kappa shape index (κ1) is 17.1. The van der Waals surface area contributed by atoms with Crippen LogP contribution in [0, 0.1) is 6.42 Å². The Labute approximate surface area is 126 Å². The number of rotatable bonds is 4. The number of aromatic hydroxyl groups is 2. The maximum absolute atomic E-state index is 12.1. The second-order valence-corrected chi connectivity index (χ2v) is 6.21. The molecule has 1 radical (unpaired) electrons. The van der Waals surface area contributed by atoms with Gasteiger partial charge >= 0.3 is 6.09 Å². The van der Waals surface area contributed by atoms with E-state index in [9.17, 15) is 15.0 Å². The number of carbonyl (C=O) groups is 1. The third-order valence-electron chi connectivity index (χ3n) is 2.70. The van der Waals surface area contributed by atoms with E-state index in [4.69, 9.17) is 4.74 Å². The maximum Gasteiger partial charge on any atom is 0.410 e. The molecule has 0 fully saturated rings. The average Bonchev–Trinajstić information content (AvgIpc) is 2.24. The van der Waals surface area contributed by atoms with Crippen LogP contribution in [0.25, 0.3) is 0 Å². The minimum Gasteiger partial charge on any atom is -0.508 e. The van der Waals surface area contributed by atoms with Gasteiger partial charge in [-0.3, -0.25) is 0 Å². The van der Waals surface area contributed by atoms with Gasteiger partial charge in [0.25, 0.3) is 0 Å². The van der Waals surface area contributed by atoms with Crippen molar-refractivity contribution in [3.05, 3.63) is 30.2 Å². The second kappa shape index (κ2) is 6.70. The van der Waals surface area contributed by atoms with Crippen LogP contribution in [-0.2, 0) is 4.74 Å². The molecule has 0 aromatic heterocycles. The van der Waals surface area contributed by atoms with Crippen molar-refractivity contribution >= 4 is 6.09 Å². The van der Waals surface area contributed by atoms with Crippen LogP contribution in [0.1, 0.15) is 40.2 Å². The van der Waals surface area contributed by atoms with Crippen molar-refractivity contribution in [2.75, 3.05) is 6.54 Å². The molecule has 2 N–H and O–H groups in total. The zero-order valence-corrected chi connectivity index (χ0v) is 13.3. The Morgan fingerprint density at radius 3 is 2.19 bits per heavy atom. The minimum atomic E-state index is -0.548. The van der Waals surface area contributed by atoms with Gasteiger partial charge in [-0.15, -0.1) is 0 Å². The van der Waals surface area contributed by atoms with Crippen molar-refractivity contribution < 1.29 is 19.7 Å². The molecule has 5 nitrogen and oxygen atoms in total. The number of phenols is 2. The van der Waals surface area contributed by atoms with Crippen LogP contribution >= 0.6 is 0 Å². The van der Waals surface area contributed by atoms with Gasteiger partial charge in [0, 0.05) is 25.1 Å². The number of hydrogen-bond acceptors (Lipinski definition) is 4. The Morgan fingerprint density at radius 2 is 1.76 bits per heavy atom. The summed E-state index contributed by atoms with van der Waals surface area (Å²) in [5, 5.41) is 18.9. The summed E-state index contributed by atoms with van der Waals surface area (Å²) < 4.78 is 5.37. The molecular weight excluding hydrogens is 270 g/mol. The van der Waals surface area contributed by atoms with Crippen molar-refractivity contribution in [1.29, 1.82) is 0 Å². The van der Waals surface area contributed by atoms with Gasteiger partial charge in [-0.1, -0.05) is 0 Å². The van der Waals surface area contributed by atoms with Gasteiger partial charge in [0.1, 0.15) is 17.1 Å². The highest BCUT2D eigenvalue weighted by molar-refractivity contribution is 5.68. The molecule has 1 aromatic carbocycles. The van der Waals surface area contributed by atoms with Crippen LogP contribution in [0.2, 0.25) is 0 Å². The maximum atomic E-state index is 12.1. The number of benzene rings is 1. The lowest BCUT2D eigenvalue weighted by molar-refractivity contribution is 0.0211. The van der Waals surface area contributed by atoms with Gasteiger partial charge in [-0.2, -0.15) is 0 Å². The topological polar surface area (TPSA) is 70.0 Å². The standard InChI is InChI=1S/C16H24NO4/c1-11(2)17(15(20)21-16(3,4)5)7-6-12-8-13(18)10-14(19)9-12/h6,8-11,18-19H,7H2,1-5H3. The molecule has 1 aromatic rings. The molecular formula is C16H24NO4. The van der Waals surface area contributed by atoms with Gasteiger partial charge in [-0.25, -0.2) is 4.79 Å². The number of ether oxygens (including phenoxy) is 1. The SMILES string of the molecule is CC(C)N(C[CH]c1cc(O)cc(O)c1)C(=O)OC(C)(C)C. The smallest absolute Gasteiger partial charge is 0.410 e. The highest BCUT2D eigenvalue weighted by atomic mass is 16.6. The van der Waals surface area contributed by atoms with E-state index in [0.717, 1.165) is 0 Å². The number of amides is 1. The van der Waals surface area contributed by atoms with Crippen LogP contribution in [0.4, 0.5) is 4.79 Å². The molecule has 0 atom stereocenters. The Balaban J connectivity index is 2.73. The van der Waals surface area contributed by atoms with Crippen molar-refractivity contribution in [1.82, 2.24) is 4.90 Å². The van der Waals surface area contributed by atoms with Gasteiger partial charge < -0.3 is 19.8 Å². The van der Waals surface area contributed by atoms with E-state index in [0.29, 0.717) is 12.1 Å². The normalized spacial score (nSPS) is 11.5. The van der Waals surface area contributed by atoms with E-state index < -0.39 is 11.7 Å². The minimum absolute atomic E-state index is 0.0189. The predicted molar refractivity (Wildman–Crippen MR) is 81.2 cm³/mol. The Hall–Kier alpha value is -1.91. The first-order valence-corrected chi connectivity index (χ1v) is 6.94. The van der Waals surface area contributed by atoms with Crippen molar-refractivity contribution in [3.8, 4) is 11.5 Å². The predicted octanol–water partition coefficient (Wildman–Crippen LogP) is 3.30. The molecule has 0 aliphatic rings.